The zero-order chi connectivity index (χ0) is 20.4. The van der Waals surface area contributed by atoms with E-state index in [1.165, 1.54) is 12.1 Å². The third kappa shape index (κ3) is 4.37. The average molecular weight is 417 g/mol. The Morgan fingerprint density at radius 3 is 2.38 bits per heavy atom. The number of benzene rings is 2. The van der Waals surface area contributed by atoms with Crippen molar-refractivity contribution < 1.29 is 18.7 Å². The van der Waals surface area contributed by atoms with Crippen molar-refractivity contribution in [3.05, 3.63) is 64.9 Å². The molecule has 0 aromatic heterocycles. The number of ether oxygens (including phenoxy) is 1. The van der Waals surface area contributed by atoms with Gasteiger partial charge in [-0.25, -0.2) is 4.39 Å². The van der Waals surface area contributed by atoms with Crippen LogP contribution in [-0.2, 0) is 4.79 Å². The summed E-state index contributed by atoms with van der Waals surface area (Å²) in [7, 11) is 0. The molecule has 0 heterocycles. The van der Waals surface area contributed by atoms with Gasteiger partial charge in [-0.3, -0.25) is 9.59 Å². The second-order valence-corrected chi connectivity index (χ2v) is 8.03. The molecular weight excluding hydrogens is 395 g/mol. The van der Waals surface area contributed by atoms with E-state index in [0.29, 0.717) is 23.8 Å². The van der Waals surface area contributed by atoms with E-state index < -0.39 is 5.82 Å². The van der Waals surface area contributed by atoms with Gasteiger partial charge in [0.2, 0.25) is 0 Å². The van der Waals surface area contributed by atoms with E-state index in [-0.39, 0.29) is 41.3 Å². The summed E-state index contributed by atoms with van der Waals surface area (Å²) in [6, 6.07) is 13.3. The Hall–Kier alpha value is -2.60. The van der Waals surface area contributed by atoms with Crippen LogP contribution in [0.2, 0.25) is 5.02 Å². The van der Waals surface area contributed by atoms with E-state index in [1.54, 1.807) is 12.1 Å². The highest BCUT2D eigenvalue weighted by molar-refractivity contribution is 6.30. The normalized spacial score (nSPS) is 24.9. The highest BCUT2D eigenvalue weighted by Gasteiger charge is 2.49. The highest BCUT2D eigenvalue weighted by Crippen LogP contribution is 2.47. The number of hydrogen-bond donors (Lipinski definition) is 2. The molecule has 7 heteroatoms. The fourth-order valence-electron chi connectivity index (χ4n) is 4.31. The lowest BCUT2D eigenvalue weighted by Crippen LogP contribution is -2.44. The fraction of sp³-hybridized carbons (Fsp3) is 0.364. The molecule has 4 atom stereocenters. The van der Waals surface area contributed by atoms with Gasteiger partial charge in [-0.05, 0) is 55.4 Å². The summed E-state index contributed by atoms with van der Waals surface area (Å²) in [5.41, 5.74) is 0.638. The molecule has 2 aromatic rings. The van der Waals surface area contributed by atoms with Crippen LogP contribution in [0.5, 0.6) is 5.75 Å². The minimum atomic E-state index is -0.588. The maximum atomic E-state index is 13.5. The summed E-state index contributed by atoms with van der Waals surface area (Å²) >= 11 is 5.64. The molecule has 5 nitrogen and oxygen atoms in total. The van der Waals surface area contributed by atoms with E-state index in [0.717, 1.165) is 18.9 Å². The van der Waals surface area contributed by atoms with Crippen LogP contribution >= 0.6 is 11.6 Å². The number of nitrogens with one attached hydrogen (secondary N) is 2. The van der Waals surface area contributed by atoms with Crippen molar-refractivity contribution in [2.24, 2.45) is 11.8 Å². The van der Waals surface area contributed by atoms with Crippen molar-refractivity contribution in [1.82, 2.24) is 10.6 Å². The summed E-state index contributed by atoms with van der Waals surface area (Å²) in [4.78, 5) is 24.8. The first-order valence-electron chi connectivity index (χ1n) is 9.74. The van der Waals surface area contributed by atoms with Crippen molar-refractivity contribution in [3.63, 3.8) is 0 Å². The number of hydrogen-bond acceptors (Lipinski definition) is 3. The minimum absolute atomic E-state index is 0.00683. The maximum absolute atomic E-state index is 13.5. The monoisotopic (exact) mass is 416 g/mol. The second-order valence-electron chi connectivity index (χ2n) is 7.63. The quantitative estimate of drug-likeness (QED) is 0.756. The first kappa shape index (κ1) is 19.7. The summed E-state index contributed by atoms with van der Waals surface area (Å²) in [5, 5.41) is 6.14. The van der Waals surface area contributed by atoms with Crippen LogP contribution in [0.1, 0.15) is 29.6 Å². The van der Waals surface area contributed by atoms with E-state index in [2.05, 4.69) is 10.6 Å². The SMILES string of the molecule is O=C(COc1ccc(Cl)c(F)c1)NC1C[C@H](NC(=O)c2ccccc2)C2CCC12. The minimum Gasteiger partial charge on any atom is -0.484 e. The molecule has 4 rings (SSSR count). The third-order valence-corrected chi connectivity index (χ3v) is 6.19. The topological polar surface area (TPSA) is 67.4 Å². The second kappa shape index (κ2) is 8.41. The van der Waals surface area contributed by atoms with Crippen LogP contribution in [0.3, 0.4) is 0 Å². The molecule has 0 aliphatic heterocycles. The largest absolute Gasteiger partial charge is 0.484 e. The first-order valence-corrected chi connectivity index (χ1v) is 10.1. The Morgan fingerprint density at radius 2 is 1.72 bits per heavy atom. The lowest BCUT2D eigenvalue weighted by atomic mass is 9.73. The molecule has 0 radical (unpaired) electrons. The van der Waals surface area contributed by atoms with Crippen molar-refractivity contribution in [2.75, 3.05) is 6.61 Å². The summed E-state index contributed by atoms with van der Waals surface area (Å²) in [5.74, 6) is 0.0808. The molecule has 2 aliphatic carbocycles. The van der Waals surface area contributed by atoms with Gasteiger partial charge in [-0.1, -0.05) is 29.8 Å². The number of rotatable bonds is 6. The Bertz CT molecular complexity index is 908. The van der Waals surface area contributed by atoms with Crippen molar-refractivity contribution in [1.29, 1.82) is 0 Å². The Morgan fingerprint density at radius 1 is 1.03 bits per heavy atom. The van der Waals surface area contributed by atoms with Crippen LogP contribution in [0.4, 0.5) is 4.39 Å². The average Bonchev–Trinajstić information content (AvgIpc) is 2.90. The molecule has 2 saturated carbocycles. The molecule has 2 aromatic carbocycles. The van der Waals surface area contributed by atoms with E-state index in [9.17, 15) is 14.0 Å². The molecular formula is C22H22ClFN2O3. The molecule has 152 valence electrons. The summed E-state index contributed by atoms with van der Waals surface area (Å²) in [6.07, 6.45) is 2.79. The molecule has 0 saturated heterocycles. The zero-order valence-electron chi connectivity index (χ0n) is 15.7. The van der Waals surface area contributed by atoms with Crippen molar-refractivity contribution >= 4 is 23.4 Å². The van der Waals surface area contributed by atoms with E-state index in [4.69, 9.17) is 16.3 Å². The predicted octanol–water partition coefficient (Wildman–Crippen LogP) is 3.57. The predicted molar refractivity (Wildman–Crippen MR) is 107 cm³/mol. The lowest BCUT2D eigenvalue weighted by molar-refractivity contribution is -0.124. The Labute approximate surface area is 173 Å². The van der Waals surface area contributed by atoms with Gasteiger partial charge in [0.1, 0.15) is 11.6 Å². The number of amides is 2. The molecule has 3 unspecified atom stereocenters. The molecule has 2 amide bonds. The zero-order valence-corrected chi connectivity index (χ0v) is 16.5. The third-order valence-electron chi connectivity index (χ3n) is 5.88. The van der Waals surface area contributed by atoms with Crippen LogP contribution in [-0.4, -0.2) is 30.5 Å². The molecule has 0 bridgehead atoms. The standard InChI is InChI=1S/C22H22ClFN2O3/c23-17-9-6-14(10-18(17)24)29-12-21(27)25-19-11-20(16-8-7-15(16)19)26-22(28)13-4-2-1-3-5-13/h1-6,9-10,15-16,19-20H,7-8,11-12H2,(H,25,27)(H,26,28)/t15?,16?,19?,20-/m0/s1. The van der Waals surface area contributed by atoms with Crippen LogP contribution in [0.25, 0.3) is 0 Å². The van der Waals surface area contributed by atoms with Gasteiger partial charge in [0.25, 0.3) is 11.8 Å². The summed E-state index contributed by atoms with van der Waals surface area (Å²) < 4.78 is 18.8. The van der Waals surface area contributed by atoms with Gasteiger partial charge < -0.3 is 15.4 Å². The van der Waals surface area contributed by atoms with Crippen LogP contribution in [0, 0.1) is 17.7 Å². The van der Waals surface area contributed by atoms with Gasteiger partial charge in [0.05, 0.1) is 5.02 Å². The molecule has 29 heavy (non-hydrogen) atoms. The number of halogens is 2. The first-order chi connectivity index (χ1) is 14.0. The van der Waals surface area contributed by atoms with Gasteiger partial charge in [-0.15, -0.1) is 0 Å². The smallest absolute Gasteiger partial charge is 0.258 e. The Kier molecular flexibility index (Phi) is 5.72. The van der Waals surface area contributed by atoms with Gasteiger partial charge in [-0.2, -0.15) is 0 Å². The number of carbonyl (C=O) groups excluding carboxylic acids is 2. The summed E-state index contributed by atoms with van der Waals surface area (Å²) in [6.45, 7) is -0.198. The fourth-order valence-corrected chi connectivity index (χ4v) is 4.43. The molecule has 2 aliphatic rings. The lowest BCUT2D eigenvalue weighted by Gasteiger charge is -2.36. The van der Waals surface area contributed by atoms with Crippen LogP contribution in [0.15, 0.2) is 48.5 Å². The molecule has 2 N–H and O–H groups in total. The van der Waals surface area contributed by atoms with E-state index >= 15 is 0 Å². The molecule has 0 spiro atoms. The van der Waals surface area contributed by atoms with Gasteiger partial charge >= 0.3 is 0 Å². The maximum Gasteiger partial charge on any atom is 0.258 e. The van der Waals surface area contributed by atoms with Crippen LogP contribution < -0.4 is 15.4 Å². The highest BCUT2D eigenvalue weighted by atomic mass is 35.5. The molecule has 2 fully saturated rings. The van der Waals surface area contributed by atoms with E-state index in [1.807, 2.05) is 18.2 Å². The Balaban J connectivity index is 1.29. The van der Waals surface area contributed by atoms with Gasteiger partial charge in [0, 0.05) is 23.7 Å². The van der Waals surface area contributed by atoms with Crippen molar-refractivity contribution in [2.45, 2.75) is 31.3 Å². The van der Waals surface area contributed by atoms with Crippen molar-refractivity contribution in [3.8, 4) is 5.75 Å². The number of carbonyl (C=O) groups is 2. The van der Waals surface area contributed by atoms with Gasteiger partial charge in [0.15, 0.2) is 6.61 Å². The number of fused-ring (bicyclic) bond motifs is 1.